The van der Waals surface area contributed by atoms with Gasteiger partial charge in [0.15, 0.2) is 0 Å². The van der Waals surface area contributed by atoms with E-state index in [0.29, 0.717) is 11.5 Å². The Kier molecular flexibility index (Phi) is 5.76. The van der Waals surface area contributed by atoms with Gasteiger partial charge in [-0.3, -0.25) is 4.79 Å². The van der Waals surface area contributed by atoms with E-state index in [-0.39, 0.29) is 6.61 Å². The van der Waals surface area contributed by atoms with Crippen LogP contribution in [0.1, 0.15) is 0 Å². The summed E-state index contributed by atoms with van der Waals surface area (Å²) in [4.78, 5) is 10.1. The molecule has 0 aromatic heterocycles. The van der Waals surface area contributed by atoms with Gasteiger partial charge < -0.3 is 10.8 Å². The molecule has 0 rings (SSSR count). The van der Waals surface area contributed by atoms with Crippen LogP contribution in [-0.4, -0.2) is 29.1 Å². The molecule has 0 aliphatic rings. The Labute approximate surface area is 58.6 Å². The summed E-state index contributed by atoms with van der Waals surface area (Å²) < 4.78 is 0. The van der Waals surface area contributed by atoms with Crippen LogP contribution in [0.5, 0.6) is 0 Å². The number of carbonyl (C=O) groups excluding carboxylic acids is 1. The molecule has 4 heteroatoms. The van der Waals surface area contributed by atoms with Gasteiger partial charge in [0.25, 0.3) is 0 Å². The number of thioether (sulfide) groups is 1. The van der Waals surface area contributed by atoms with Crippen LogP contribution < -0.4 is 5.73 Å². The number of nitrogens with two attached hydrogens (primary N) is 1. The molecule has 53 valence electrons. The zero-order valence-corrected chi connectivity index (χ0v) is 5.86. The summed E-state index contributed by atoms with van der Waals surface area (Å²) in [5, 5.41) is 8.28. The van der Waals surface area contributed by atoms with Gasteiger partial charge in [-0.25, -0.2) is 0 Å². The van der Waals surface area contributed by atoms with Crippen LogP contribution in [0.3, 0.4) is 0 Å². The minimum atomic E-state index is -0.402. The van der Waals surface area contributed by atoms with Crippen LogP contribution in [0, 0.1) is 6.42 Å². The van der Waals surface area contributed by atoms with E-state index in [0.717, 1.165) is 0 Å². The lowest BCUT2D eigenvalue weighted by Gasteiger charge is -1.93. The molecule has 3 N–H and O–H groups in total. The SMILES string of the molecule is NC(=O)[CH]CSCCO. The second-order valence-corrected chi connectivity index (χ2v) is 2.55. The molecule has 0 aromatic carbocycles. The van der Waals surface area contributed by atoms with Gasteiger partial charge in [-0.05, 0) is 0 Å². The van der Waals surface area contributed by atoms with Crippen LogP contribution in [-0.2, 0) is 4.79 Å². The van der Waals surface area contributed by atoms with Crippen molar-refractivity contribution in [2.75, 3.05) is 18.1 Å². The Morgan fingerprint density at radius 2 is 2.44 bits per heavy atom. The molecule has 0 atom stereocenters. The molecule has 0 saturated carbocycles. The molecule has 0 saturated heterocycles. The summed E-state index contributed by atoms with van der Waals surface area (Å²) in [6.07, 6.45) is 1.39. The first-order valence-corrected chi connectivity index (χ1v) is 3.74. The number of amides is 1. The Bertz CT molecular complexity index is 87.0. The monoisotopic (exact) mass is 148 g/mol. The van der Waals surface area contributed by atoms with Gasteiger partial charge in [0.1, 0.15) is 0 Å². The molecule has 0 aliphatic heterocycles. The molecule has 3 nitrogen and oxygen atoms in total. The predicted molar refractivity (Wildman–Crippen MR) is 37.9 cm³/mol. The maximum atomic E-state index is 10.1. The molecule has 0 aliphatic carbocycles. The highest BCUT2D eigenvalue weighted by atomic mass is 32.2. The van der Waals surface area contributed by atoms with Crippen molar-refractivity contribution in [1.29, 1.82) is 0 Å². The molecule has 1 radical (unpaired) electrons. The summed E-state index contributed by atoms with van der Waals surface area (Å²) in [5.41, 5.74) is 4.80. The van der Waals surface area contributed by atoms with Gasteiger partial charge in [-0.1, -0.05) is 0 Å². The third-order valence-corrected chi connectivity index (χ3v) is 1.51. The zero-order chi connectivity index (χ0) is 7.11. The van der Waals surface area contributed by atoms with Crippen molar-refractivity contribution in [3.8, 4) is 0 Å². The van der Waals surface area contributed by atoms with E-state index in [1.165, 1.54) is 18.2 Å². The van der Waals surface area contributed by atoms with E-state index >= 15 is 0 Å². The first-order chi connectivity index (χ1) is 4.27. The summed E-state index contributed by atoms with van der Waals surface area (Å²) in [5.74, 6) is 0.847. The third-order valence-electron chi connectivity index (χ3n) is 0.638. The number of aliphatic hydroxyl groups is 1. The predicted octanol–water partition coefficient (Wildman–Crippen LogP) is -0.599. The topological polar surface area (TPSA) is 63.3 Å². The molecule has 1 amide bonds. The standard InChI is InChI=1S/C5H10NO2S/c6-5(8)1-3-9-4-2-7/h1,7H,2-4H2,(H2,6,8). The van der Waals surface area contributed by atoms with Gasteiger partial charge in [0.05, 0.1) is 13.0 Å². The van der Waals surface area contributed by atoms with Crippen molar-refractivity contribution in [1.82, 2.24) is 0 Å². The maximum absolute atomic E-state index is 10.1. The van der Waals surface area contributed by atoms with E-state index in [4.69, 9.17) is 10.8 Å². The van der Waals surface area contributed by atoms with Crippen LogP contribution in [0.25, 0.3) is 0 Å². The molecular weight excluding hydrogens is 138 g/mol. The molecular formula is C5H10NO2S. The summed E-state index contributed by atoms with van der Waals surface area (Å²) >= 11 is 1.48. The number of hydrogen-bond acceptors (Lipinski definition) is 3. The first kappa shape index (κ1) is 8.78. The largest absolute Gasteiger partial charge is 0.396 e. The Morgan fingerprint density at radius 3 is 2.89 bits per heavy atom. The molecule has 0 unspecified atom stereocenters. The van der Waals surface area contributed by atoms with Gasteiger partial charge in [-0.15, -0.1) is 0 Å². The fourth-order valence-electron chi connectivity index (χ4n) is 0.289. The van der Waals surface area contributed by atoms with Crippen molar-refractivity contribution in [2.45, 2.75) is 0 Å². The number of carbonyl (C=O) groups is 1. The second-order valence-electron chi connectivity index (χ2n) is 1.41. The zero-order valence-electron chi connectivity index (χ0n) is 5.04. The molecule has 9 heavy (non-hydrogen) atoms. The van der Waals surface area contributed by atoms with E-state index in [1.54, 1.807) is 0 Å². The van der Waals surface area contributed by atoms with Crippen molar-refractivity contribution < 1.29 is 9.90 Å². The Balaban J connectivity index is 2.83. The Morgan fingerprint density at radius 1 is 1.78 bits per heavy atom. The fraction of sp³-hybridized carbons (Fsp3) is 0.600. The summed E-state index contributed by atoms with van der Waals surface area (Å²) in [7, 11) is 0. The second kappa shape index (κ2) is 5.91. The minimum absolute atomic E-state index is 0.150. The lowest BCUT2D eigenvalue weighted by Crippen LogP contribution is -2.12. The van der Waals surface area contributed by atoms with Crippen LogP contribution in [0.2, 0.25) is 0 Å². The fourth-order valence-corrected chi connectivity index (χ4v) is 0.867. The van der Waals surface area contributed by atoms with Crippen LogP contribution in [0.15, 0.2) is 0 Å². The van der Waals surface area contributed by atoms with Crippen molar-refractivity contribution in [3.63, 3.8) is 0 Å². The van der Waals surface area contributed by atoms with E-state index < -0.39 is 5.91 Å². The molecule has 0 aromatic rings. The van der Waals surface area contributed by atoms with Gasteiger partial charge in [0.2, 0.25) is 5.91 Å². The Hall–Kier alpha value is -0.220. The lowest BCUT2D eigenvalue weighted by atomic mass is 10.5. The van der Waals surface area contributed by atoms with Gasteiger partial charge >= 0.3 is 0 Å². The van der Waals surface area contributed by atoms with Crippen LogP contribution >= 0.6 is 11.8 Å². The molecule has 0 fully saturated rings. The number of hydrogen-bond donors (Lipinski definition) is 2. The van der Waals surface area contributed by atoms with E-state index in [9.17, 15) is 4.79 Å². The number of aliphatic hydroxyl groups excluding tert-OH is 1. The van der Waals surface area contributed by atoms with Crippen LogP contribution in [0.4, 0.5) is 0 Å². The van der Waals surface area contributed by atoms with Gasteiger partial charge in [0, 0.05) is 11.5 Å². The summed E-state index contributed by atoms with van der Waals surface area (Å²) in [6.45, 7) is 0.150. The van der Waals surface area contributed by atoms with E-state index in [1.807, 2.05) is 0 Å². The quantitative estimate of drug-likeness (QED) is 0.512. The minimum Gasteiger partial charge on any atom is -0.396 e. The molecule has 0 spiro atoms. The van der Waals surface area contributed by atoms with Crippen molar-refractivity contribution in [2.24, 2.45) is 5.73 Å². The smallest absolute Gasteiger partial charge is 0.222 e. The van der Waals surface area contributed by atoms with Crippen molar-refractivity contribution in [3.05, 3.63) is 6.42 Å². The highest BCUT2D eigenvalue weighted by Gasteiger charge is 1.93. The number of rotatable bonds is 5. The highest BCUT2D eigenvalue weighted by molar-refractivity contribution is 7.99. The average Bonchev–Trinajstić information content (AvgIpc) is 1.80. The first-order valence-electron chi connectivity index (χ1n) is 2.58. The van der Waals surface area contributed by atoms with Gasteiger partial charge in [-0.2, -0.15) is 11.8 Å². The maximum Gasteiger partial charge on any atom is 0.222 e. The molecule has 0 heterocycles. The molecule has 0 bridgehead atoms. The third kappa shape index (κ3) is 7.78. The normalized spacial score (nSPS) is 9.44. The highest BCUT2D eigenvalue weighted by Crippen LogP contribution is 1.98. The van der Waals surface area contributed by atoms with E-state index in [2.05, 4.69) is 0 Å². The van der Waals surface area contributed by atoms with Crippen molar-refractivity contribution >= 4 is 17.7 Å². The average molecular weight is 148 g/mol. The lowest BCUT2D eigenvalue weighted by molar-refractivity contribution is -0.114. The number of primary amides is 1. The summed E-state index contributed by atoms with van der Waals surface area (Å²) in [6, 6.07) is 0.